The Balaban J connectivity index is 1.33. The Bertz CT molecular complexity index is 1080. The van der Waals surface area contributed by atoms with Crippen LogP contribution in [0, 0.1) is 0 Å². The van der Waals surface area contributed by atoms with Crippen LogP contribution in [0.5, 0.6) is 0 Å². The molecule has 1 fully saturated rings. The van der Waals surface area contributed by atoms with Crippen molar-refractivity contribution in [2.24, 2.45) is 0 Å². The number of hydrogen-bond donors (Lipinski definition) is 2. The quantitative estimate of drug-likeness (QED) is 0.653. The van der Waals surface area contributed by atoms with Gasteiger partial charge in [-0.1, -0.05) is 54.6 Å². The summed E-state index contributed by atoms with van der Waals surface area (Å²) in [7, 11) is 0. The topological polar surface area (TPSA) is 95.9 Å². The van der Waals surface area contributed by atoms with Gasteiger partial charge in [-0.05, 0) is 48.9 Å². The Morgan fingerprint density at radius 2 is 1.73 bits per heavy atom. The number of amides is 2. The summed E-state index contributed by atoms with van der Waals surface area (Å²) in [6, 6.07) is 16.2. The van der Waals surface area contributed by atoms with Crippen molar-refractivity contribution >= 4 is 18.0 Å². The lowest BCUT2D eigenvalue weighted by Crippen LogP contribution is -2.51. The molecule has 1 unspecified atom stereocenters. The second-order valence-electron chi connectivity index (χ2n) is 8.73. The number of carboxylic acid groups (broad SMARTS) is 1. The van der Waals surface area contributed by atoms with E-state index < -0.39 is 17.6 Å². The second kappa shape index (κ2) is 9.10. The number of fused-ring (bicyclic) bond motifs is 3. The van der Waals surface area contributed by atoms with Crippen LogP contribution < -0.4 is 5.32 Å². The predicted octanol–water partition coefficient (Wildman–Crippen LogP) is 3.94. The van der Waals surface area contributed by atoms with E-state index in [0.717, 1.165) is 22.3 Å². The molecule has 172 valence electrons. The van der Waals surface area contributed by atoms with Crippen molar-refractivity contribution in [3.63, 3.8) is 0 Å². The number of aliphatic carboxylic acids is 1. The highest BCUT2D eigenvalue weighted by atomic mass is 16.5. The van der Waals surface area contributed by atoms with Crippen LogP contribution in [0.3, 0.4) is 0 Å². The number of nitrogens with zero attached hydrogens (tertiary/aromatic N) is 1. The number of ether oxygens (including phenoxy) is 1. The fraction of sp³-hybridized carbons (Fsp3) is 0.346. The van der Waals surface area contributed by atoms with Crippen molar-refractivity contribution in [2.45, 2.75) is 38.1 Å². The Morgan fingerprint density at radius 3 is 2.33 bits per heavy atom. The van der Waals surface area contributed by atoms with E-state index in [1.54, 1.807) is 19.9 Å². The zero-order chi connectivity index (χ0) is 23.6. The number of likely N-dealkylation sites (tertiary alicyclic amines) is 1. The standard InChI is InChI=1S/C26H28N2O5/c1-17(23(29)28-15-7-13-26(28,2)24(30)31)12-14-27-25(32)33-16-22-20-10-5-3-8-18(20)19-9-4-6-11-21(19)22/h3-6,8-12,22H,7,13-16H2,1-2H3,(H,27,32)(H,30,31)/b17-12+. The van der Waals surface area contributed by atoms with Crippen LogP contribution in [0.25, 0.3) is 11.1 Å². The first kappa shape index (κ1) is 22.6. The maximum atomic E-state index is 12.7. The third-order valence-corrected chi connectivity index (χ3v) is 6.68. The molecule has 2 N–H and O–H groups in total. The van der Waals surface area contributed by atoms with Crippen molar-refractivity contribution in [1.29, 1.82) is 0 Å². The number of rotatable bonds is 6. The largest absolute Gasteiger partial charge is 0.480 e. The minimum atomic E-state index is -1.19. The zero-order valence-corrected chi connectivity index (χ0v) is 18.8. The van der Waals surface area contributed by atoms with E-state index in [2.05, 4.69) is 29.6 Å². The molecular formula is C26H28N2O5. The fourth-order valence-corrected chi connectivity index (χ4v) is 4.75. The maximum Gasteiger partial charge on any atom is 0.407 e. The maximum absolute atomic E-state index is 12.7. The molecule has 2 aromatic rings. The summed E-state index contributed by atoms with van der Waals surface area (Å²) in [6.45, 7) is 3.94. The summed E-state index contributed by atoms with van der Waals surface area (Å²) in [6.07, 6.45) is 2.11. The Morgan fingerprint density at radius 1 is 1.12 bits per heavy atom. The van der Waals surface area contributed by atoms with Gasteiger partial charge in [0.05, 0.1) is 0 Å². The average molecular weight is 449 g/mol. The molecule has 1 saturated heterocycles. The van der Waals surface area contributed by atoms with Crippen molar-refractivity contribution in [3.05, 3.63) is 71.3 Å². The summed E-state index contributed by atoms with van der Waals surface area (Å²) >= 11 is 0. The molecule has 0 aromatic heterocycles. The first-order valence-electron chi connectivity index (χ1n) is 11.1. The Hall–Kier alpha value is -3.61. The third-order valence-electron chi connectivity index (χ3n) is 6.68. The first-order chi connectivity index (χ1) is 15.8. The minimum absolute atomic E-state index is 0.0223. The minimum Gasteiger partial charge on any atom is -0.480 e. The van der Waals surface area contributed by atoms with Crippen LogP contribution in [-0.4, -0.2) is 53.2 Å². The van der Waals surface area contributed by atoms with Crippen LogP contribution >= 0.6 is 0 Å². The van der Waals surface area contributed by atoms with Gasteiger partial charge in [0, 0.05) is 24.6 Å². The van der Waals surface area contributed by atoms with Gasteiger partial charge in [-0.15, -0.1) is 0 Å². The van der Waals surface area contributed by atoms with Gasteiger partial charge in [-0.3, -0.25) is 4.79 Å². The normalized spacial score (nSPS) is 19.7. The van der Waals surface area contributed by atoms with E-state index in [1.165, 1.54) is 4.90 Å². The Labute approximate surface area is 193 Å². The lowest BCUT2D eigenvalue weighted by Gasteiger charge is -2.31. The summed E-state index contributed by atoms with van der Waals surface area (Å²) < 4.78 is 5.49. The van der Waals surface area contributed by atoms with E-state index in [1.807, 2.05) is 24.3 Å². The molecule has 1 atom stereocenters. The van der Waals surface area contributed by atoms with Gasteiger partial charge in [0.25, 0.3) is 0 Å². The lowest BCUT2D eigenvalue weighted by molar-refractivity contribution is -0.153. The molecule has 0 saturated carbocycles. The molecule has 0 bridgehead atoms. The number of carbonyl (C=O) groups excluding carboxylic acids is 2. The summed E-state index contributed by atoms with van der Waals surface area (Å²) in [5, 5.41) is 12.2. The monoisotopic (exact) mass is 448 g/mol. The molecule has 1 aliphatic heterocycles. The molecule has 2 amide bonds. The van der Waals surface area contributed by atoms with E-state index >= 15 is 0 Å². The van der Waals surface area contributed by atoms with Gasteiger partial charge >= 0.3 is 12.1 Å². The van der Waals surface area contributed by atoms with Gasteiger partial charge in [0.1, 0.15) is 12.1 Å². The summed E-state index contributed by atoms with van der Waals surface area (Å²) in [5.74, 6) is -1.35. The van der Waals surface area contributed by atoms with E-state index in [9.17, 15) is 19.5 Å². The summed E-state index contributed by atoms with van der Waals surface area (Å²) in [4.78, 5) is 38.0. The number of benzene rings is 2. The predicted molar refractivity (Wildman–Crippen MR) is 124 cm³/mol. The third kappa shape index (κ3) is 4.23. The molecule has 7 heteroatoms. The van der Waals surface area contributed by atoms with Gasteiger partial charge in [-0.25, -0.2) is 9.59 Å². The lowest BCUT2D eigenvalue weighted by atomic mass is 9.98. The molecular weight excluding hydrogens is 420 g/mol. The number of carboxylic acids is 1. The highest BCUT2D eigenvalue weighted by Gasteiger charge is 2.46. The number of alkyl carbamates (subject to hydrolysis) is 1. The highest BCUT2D eigenvalue weighted by molar-refractivity contribution is 5.97. The van der Waals surface area contributed by atoms with E-state index in [-0.39, 0.29) is 25.0 Å². The van der Waals surface area contributed by atoms with Crippen molar-refractivity contribution in [2.75, 3.05) is 19.7 Å². The number of hydrogen-bond acceptors (Lipinski definition) is 4. The smallest absolute Gasteiger partial charge is 0.407 e. The molecule has 1 heterocycles. The van der Waals surface area contributed by atoms with Crippen molar-refractivity contribution in [3.8, 4) is 11.1 Å². The zero-order valence-electron chi connectivity index (χ0n) is 18.8. The van der Waals surface area contributed by atoms with Crippen LogP contribution in [0.2, 0.25) is 0 Å². The molecule has 4 rings (SSSR count). The van der Waals surface area contributed by atoms with Crippen molar-refractivity contribution in [1.82, 2.24) is 10.2 Å². The van der Waals surface area contributed by atoms with Gasteiger partial charge in [-0.2, -0.15) is 0 Å². The molecule has 2 aliphatic rings. The molecule has 0 radical (unpaired) electrons. The number of nitrogens with one attached hydrogen (secondary N) is 1. The van der Waals surface area contributed by atoms with Crippen molar-refractivity contribution < 1.29 is 24.2 Å². The molecule has 2 aromatic carbocycles. The van der Waals surface area contributed by atoms with Gasteiger partial charge in [0.2, 0.25) is 5.91 Å². The van der Waals surface area contributed by atoms with Crippen LogP contribution in [-0.2, 0) is 14.3 Å². The molecule has 1 aliphatic carbocycles. The SMILES string of the molecule is C/C(=C\CNC(=O)OCC1c2ccccc2-c2ccccc21)C(=O)N1CCCC1(C)C(=O)O. The molecule has 7 nitrogen and oxygen atoms in total. The van der Waals surface area contributed by atoms with Crippen LogP contribution in [0.15, 0.2) is 60.2 Å². The highest BCUT2D eigenvalue weighted by Crippen LogP contribution is 2.44. The average Bonchev–Trinajstić information content (AvgIpc) is 3.36. The van der Waals surface area contributed by atoms with E-state index in [4.69, 9.17) is 4.74 Å². The fourth-order valence-electron chi connectivity index (χ4n) is 4.75. The van der Waals surface area contributed by atoms with Crippen LogP contribution in [0.1, 0.15) is 43.7 Å². The first-order valence-corrected chi connectivity index (χ1v) is 11.1. The second-order valence-corrected chi connectivity index (χ2v) is 8.73. The van der Waals surface area contributed by atoms with Crippen LogP contribution in [0.4, 0.5) is 4.79 Å². The van der Waals surface area contributed by atoms with E-state index in [0.29, 0.717) is 25.0 Å². The Kier molecular flexibility index (Phi) is 6.22. The van der Waals surface area contributed by atoms with Gasteiger partial charge < -0.3 is 20.1 Å². The van der Waals surface area contributed by atoms with Gasteiger partial charge in [0.15, 0.2) is 0 Å². The summed E-state index contributed by atoms with van der Waals surface area (Å²) in [5.41, 5.74) is 3.80. The molecule has 33 heavy (non-hydrogen) atoms. The number of carbonyl (C=O) groups is 3. The molecule has 0 spiro atoms.